The summed E-state index contributed by atoms with van der Waals surface area (Å²) in [5, 5.41) is 1.09. The van der Waals surface area contributed by atoms with Crippen LogP contribution in [0.1, 0.15) is 0 Å². The number of hydrogen-bond acceptors (Lipinski definition) is 5. The van der Waals surface area contributed by atoms with Crippen LogP contribution in [-0.4, -0.2) is 24.0 Å². The van der Waals surface area contributed by atoms with Crippen LogP contribution >= 0.6 is 34.8 Å². The Bertz CT molecular complexity index is 824. The van der Waals surface area contributed by atoms with Gasteiger partial charge >= 0.3 is 0 Å². The molecule has 0 radical (unpaired) electrons. The van der Waals surface area contributed by atoms with Gasteiger partial charge in [-0.2, -0.15) is 0 Å². The van der Waals surface area contributed by atoms with Crippen molar-refractivity contribution in [3.05, 3.63) is 57.9 Å². The van der Waals surface area contributed by atoms with Crippen molar-refractivity contribution >= 4 is 40.7 Å². The Hall–Kier alpha value is -1.95. The van der Waals surface area contributed by atoms with Crippen LogP contribution in [0.3, 0.4) is 0 Å². The summed E-state index contributed by atoms with van der Waals surface area (Å²) in [6.45, 7) is 4.87. The van der Waals surface area contributed by atoms with Gasteiger partial charge in [0.05, 0.1) is 16.6 Å². The predicted octanol–water partition coefficient (Wildman–Crippen LogP) is 5.16. The van der Waals surface area contributed by atoms with Gasteiger partial charge in [0.1, 0.15) is 23.1 Å². The molecular weight excluding hydrogens is 375 g/mol. The maximum absolute atomic E-state index is 6.14. The van der Waals surface area contributed by atoms with Gasteiger partial charge in [-0.25, -0.2) is 9.98 Å². The van der Waals surface area contributed by atoms with Crippen LogP contribution in [0.2, 0.25) is 15.1 Å². The molecule has 0 atom stereocenters. The third-order valence-electron chi connectivity index (χ3n) is 2.95. The third-order valence-corrected chi connectivity index (χ3v) is 3.74. The number of hydrogen-bond donors (Lipinski definition) is 0. The minimum absolute atomic E-state index is 0.219. The van der Waals surface area contributed by atoms with Crippen molar-refractivity contribution in [1.29, 1.82) is 0 Å². The molecule has 0 amide bonds. The number of ether oxygens (including phenoxy) is 3. The Morgan fingerprint density at radius 1 is 1.17 bits per heavy atom. The van der Waals surface area contributed by atoms with Crippen LogP contribution in [0.25, 0.3) is 0 Å². The number of rotatable bonds is 5. The zero-order chi connectivity index (χ0) is 17.1. The van der Waals surface area contributed by atoms with E-state index in [2.05, 4.69) is 16.6 Å². The first-order valence-corrected chi connectivity index (χ1v) is 7.99. The van der Waals surface area contributed by atoms with Crippen LogP contribution in [0.5, 0.6) is 17.4 Å². The molecule has 2 heterocycles. The lowest BCUT2D eigenvalue weighted by Crippen LogP contribution is -2.08. The highest BCUT2D eigenvalue weighted by Crippen LogP contribution is 2.34. The highest BCUT2D eigenvalue weighted by atomic mass is 35.5. The highest BCUT2D eigenvalue weighted by molar-refractivity contribution is 6.35. The second-order valence-corrected chi connectivity index (χ2v) is 5.95. The molecule has 0 saturated carbocycles. The van der Waals surface area contributed by atoms with Gasteiger partial charge < -0.3 is 14.2 Å². The van der Waals surface area contributed by atoms with Crippen LogP contribution in [0, 0.1) is 0 Å². The largest absolute Gasteiger partial charge is 0.473 e. The Labute approximate surface area is 153 Å². The number of benzene rings is 1. The Morgan fingerprint density at radius 2 is 2.00 bits per heavy atom. The van der Waals surface area contributed by atoms with Crippen molar-refractivity contribution in [2.24, 2.45) is 4.99 Å². The molecule has 0 N–H and O–H groups in total. The Morgan fingerprint density at radius 3 is 2.71 bits per heavy atom. The fourth-order valence-corrected chi connectivity index (χ4v) is 2.47. The fourth-order valence-electron chi connectivity index (χ4n) is 1.89. The molecule has 1 aliphatic heterocycles. The third kappa shape index (κ3) is 3.93. The van der Waals surface area contributed by atoms with Gasteiger partial charge in [-0.15, -0.1) is 0 Å². The lowest BCUT2D eigenvalue weighted by molar-refractivity contribution is 0.326. The number of aliphatic imine (C=N–C) groups is 1. The average Bonchev–Trinajstić information content (AvgIpc) is 3.08. The Balaban J connectivity index is 1.79. The topological polar surface area (TPSA) is 52.9 Å². The summed E-state index contributed by atoms with van der Waals surface area (Å²) in [7, 11) is 0. The summed E-state index contributed by atoms with van der Waals surface area (Å²) in [6.07, 6.45) is 1.44. The smallest absolute Gasteiger partial charge is 0.252 e. The van der Waals surface area contributed by atoms with E-state index in [1.165, 1.54) is 12.3 Å². The van der Waals surface area contributed by atoms with Crippen molar-refractivity contribution in [2.45, 2.75) is 0 Å². The lowest BCUT2D eigenvalue weighted by Gasteiger charge is -2.12. The first-order valence-electron chi connectivity index (χ1n) is 6.86. The van der Waals surface area contributed by atoms with Crippen molar-refractivity contribution in [1.82, 2.24) is 4.98 Å². The van der Waals surface area contributed by atoms with Gasteiger partial charge in [-0.05, 0) is 18.2 Å². The van der Waals surface area contributed by atoms with E-state index in [4.69, 9.17) is 49.0 Å². The molecule has 1 aromatic heterocycles. The zero-order valence-corrected chi connectivity index (χ0v) is 14.5. The molecule has 8 heteroatoms. The number of nitrogens with zero attached hydrogens (tertiary/aromatic N) is 2. The van der Waals surface area contributed by atoms with E-state index in [-0.39, 0.29) is 16.7 Å². The van der Waals surface area contributed by atoms with Crippen LogP contribution in [0.15, 0.2) is 47.8 Å². The van der Waals surface area contributed by atoms with Crippen LogP contribution < -0.4 is 9.47 Å². The second-order valence-electron chi connectivity index (χ2n) is 4.70. The first-order chi connectivity index (χ1) is 11.5. The normalized spacial score (nSPS) is 13.2. The zero-order valence-electron chi connectivity index (χ0n) is 12.3. The molecule has 0 fully saturated rings. The minimum atomic E-state index is 0.219. The molecule has 1 aliphatic rings. The summed E-state index contributed by atoms with van der Waals surface area (Å²) < 4.78 is 16.5. The number of aromatic nitrogens is 1. The number of pyridine rings is 1. The van der Waals surface area contributed by atoms with Gasteiger partial charge in [0, 0.05) is 12.3 Å². The monoisotopic (exact) mass is 384 g/mol. The van der Waals surface area contributed by atoms with E-state index in [9.17, 15) is 0 Å². The molecular formula is C16H11Cl3N2O3. The average molecular weight is 386 g/mol. The Kier molecular flexibility index (Phi) is 5.14. The molecule has 2 aromatic rings. The van der Waals surface area contributed by atoms with E-state index < -0.39 is 0 Å². The minimum Gasteiger partial charge on any atom is -0.473 e. The molecule has 5 nitrogen and oxygen atoms in total. The van der Waals surface area contributed by atoms with Crippen molar-refractivity contribution in [2.75, 3.05) is 13.2 Å². The van der Waals surface area contributed by atoms with Crippen LogP contribution in [-0.2, 0) is 4.74 Å². The molecule has 24 heavy (non-hydrogen) atoms. The van der Waals surface area contributed by atoms with E-state index in [0.29, 0.717) is 40.6 Å². The van der Waals surface area contributed by atoms with E-state index >= 15 is 0 Å². The predicted molar refractivity (Wildman–Crippen MR) is 93.8 cm³/mol. The van der Waals surface area contributed by atoms with Crippen molar-refractivity contribution in [3.63, 3.8) is 0 Å². The van der Waals surface area contributed by atoms with E-state index in [0.717, 1.165) is 0 Å². The molecule has 0 bridgehead atoms. The second kappa shape index (κ2) is 7.30. The first kappa shape index (κ1) is 16.9. The van der Waals surface area contributed by atoms with Crippen molar-refractivity contribution in [3.8, 4) is 17.4 Å². The highest BCUT2D eigenvalue weighted by Gasteiger charge is 2.16. The van der Waals surface area contributed by atoms with Gasteiger partial charge in [-0.1, -0.05) is 41.4 Å². The maximum Gasteiger partial charge on any atom is 0.252 e. The van der Waals surface area contributed by atoms with Gasteiger partial charge in [-0.3, -0.25) is 0 Å². The summed E-state index contributed by atoms with van der Waals surface area (Å²) in [5.74, 6) is 1.64. The molecule has 0 spiro atoms. The summed E-state index contributed by atoms with van der Waals surface area (Å²) in [6, 6.07) is 6.42. The standard InChI is InChI=1S/C16H11Cl3N2O3/c1-9(15-20-4-5-22-15)23-14-7-11(2-3-12(14)18)24-16-13(19)6-10(17)8-21-16/h2-3,6-8H,1,4-5H2. The van der Waals surface area contributed by atoms with Gasteiger partial charge in [0.15, 0.2) is 5.76 Å². The van der Waals surface area contributed by atoms with E-state index in [1.54, 1.807) is 18.2 Å². The van der Waals surface area contributed by atoms with Crippen molar-refractivity contribution < 1.29 is 14.2 Å². The molecule has 1 aromatic carbocycles. The summed E-state index contributed by atoms with van der Waals surface area (Å²) in [5.41, 5.74) is 0. The van der Waals surface area contributed by atoms with Crippen LogP contribution in [0.4, 0.5) is 0 Å². The van der Waals surface area contributed by atoms with E-state index in [1.807, 2.05) is 0 Å². The lowest BCUT2D eigenvalue weighted by atomic mass is 10.3. The molecule has 3 rings (SSSR count). The maximum atomic E-state index is 6.14. The van der Waals surface area contributed by atoms with Gasteiger partial charge in [0.25, 0.3) is 5.90 Å². The molecule has 124 valence electrons. The SMILES string of the molecule is C=C(Oc1cc(Oc2ncc(Cl)cc2Cl)ccc1Cl)C1=NCCO1. The quantitative estimate of drug-likeness (QED) is 0.667. The fraction of sp³-hybridized carbons (Fsp3) is 0.125. The summed E-state index contributed by atoms with van der Waals surface area (Å²) in [4.78, 5) is 8.16. The molecule has 0 aliphatic carbocycles. The molecule has 0 saturated heterocycles. The molecule has 0 unspecified atom stereocenters. The summed E-state index contributed by atoms with van der Waals surface area (Å²) >= 11 is 18.0. The number of halogens is 3. The van der Waals surface area contributed by atoms with Gasteiger partial charge in [0.2, 0.25) is 5.88 Å².